The van der Waals surface area contributed by atoms with Crippen molar-refractivity contribution in [1.82, 2.24) is 5.16 Å². The molecule has 0 bridgehead atoms. The van der Waals surface area contributed by atoms with E-state index in [-0.39, 0.29) is 5.56 Å². The van der Waals surface area contributed by atoms with Crippen LogP contribution in [0.5, 0.6) is 0 Å². The van der Waals surface area contributed by atoms with Crippen molar-refractivity contribution in [3.8, 4) is 11.3 Å². The van der Waals surface area contributed by atoms with E-state index in [9.17, 15) is 4.79 Å². The van der Waals surface area contributed by atoms with Crippen LogP contribution in [0.15, 0.2) is 22.7 Å². The molecule has 0 unspecified atom stereocenters. The highest BCUT2D eigenvalue weighted by Crippen LogP contribution is 2.30. The number of rotatable bonds is 2. The number of hydrogen-bond donors (Lipinski definition) is 0. The second-order valence-electron chi connectivity index (χ2n) is 3.70. The lowest BCUT2D eigenvalue weighted by atomic mass is 10.0. The fourth-order valence-electron chi connectivity index (χ4n) is 1.64. The summed E-state index contributed by atoms with van der Waals surface area (Å²) in [4.78, 5) is 11.4. The molecule has 5 heteroatoms. The molecule has 0 fully saturated rings. The van der Waals surface area contributed by atoms with Crippen molar-refractivity contribution in [1.29, 1.82) is 0 Å². The topological polar surface area (TPSA) is 43.1 Å². The Labute approximate surface area is 108 Å². The lowest BCUT2D eigenvalue weighted by Gasteiger charge is -2.03. The first kappa shape index (κ1) is 12.1. The Bertz CT molecular complexity index is 590. The van der Waals surface area contributed by atoms with Gasteiger partial charge >= 0.3 is 0 Å². The van der Waals surface area contributed by atoms with E-state index in [1.54, 1.807) is 19.1 Å². The minimum atomic E-state index is -0.585. The highest BCUT2D eigenvalue weighted by atomic mass is 35.5. The first-order valence-corrected chi connectivity index (χ1v) is 5.69. The van der Waals surface area contributed by atoms with Crippen LogP contribution in [0.2, 0.25) is 5.02 Å². The third-order valence-electron chi connectivity index (χ3n) is 2.51. The predicted molar refractivity (Wildman–Crippen MR) is 66.6 cm³/mol. The number of halogens is 2. The first-order valence-electron chi connectivity index (χ1n) is 4.93. The van der Waals surface area contributed by atoms with Crippen LogP contribution in [0.3, 0.4) is 0 Å². The minimum Gasteiger partial charge on any atom is -0.360 e. The van der Waals surface area contributed by atoms with E-state index in [4.69, 9.17) is 27.7 Å². The Kier molecular flexibility index (Phi) is 3.22. The predicted octanol–water partition coefficient (Wildman–Crippen LogP) is 3.99. The molecule has 0 aliphatic rings. The number of carbonyl (C=O) groups is 1. The van der Waals surface area contributed by atoms with Gasteiger partial charge in [-0.25, -0.2) is 0 Å². The van der Waals surface area contributed by atoms with Gasteiger partial charge in [-0.1, -0.05) is 22.8 Å². The van der Waals surface area contributed by atoms with Gasteiger partial charge in [-0.2, -0.15) is 0 Å². The molecule has 0 spiro atoms. The van der Waals surface area contributed by atoms with Gasteiger partial charge in [0.15, 0.2) is 0 Å². The molecule has 1 aromatic heterocycles. The van der Waals surface area contributed by atoms with Crippen LogP contribution in [0.1, 0.15) is 21.7 Å². The molecule has 0 N–H and O–H groups in total. The quantitative estimate of drug-likeness (QED) is 0.775. The number of aryl methyl sites for hydroxylation is 2. The van der Waals surface area contributed by atoms with Gasteiger partial charge in [-0.15, -0.1) is 0 Å². The Morgan fingerprint density at radius 1 is 1.35 bits per heavy atom. The lowest BCUT2D eigenvalue weighted by molar-refractivity contribution is 0.108. The molecular weight excluding hydrogens is 261 g/mol. The molecular formula is C12H9Cl2NO2. The summed E-state index contributed by atoms with van der Waals surface area (Å²) in [5.41, 5.74) is 2.42. The van der Waals surface area contributed by atoms with E-state index < -0.39 is 5.24 Å². The van der Waals surface area contributed by atoms with Gasteiger partial charge in [0.2, 0.25) is 0 Å². The van der Waals surface area contributed by atoms with Gasteiger partial charge in [0.05, 0.1) is 0 Å². The van der Waals surface area contributed by atoms with Crippen molar-refractivity contribution in [3.05, 3.63) is 40.1 Å². The van der Waals surface area contributed by atoms with Gasteiger partial charge in [0, 0.05) is 10.6 Å². The summed E-state index contributed by atoms with van der Waals surface area (Å²) < 4.78 is 5.01. The molecule has 0 saturated heterocycles. The molecule has 0 amide bonds. The maximum atomic E-state index is 11.4. The third kappa shape index (κ3) is 2.21. The molecule has 88 valence electrons. The number of benzene rings is 1. The average Bonchev–Trinajstić information content (AvgIpc) is 2.64. The maximum absolute atomic E-state index is 11.4. The molecule has 0 aliphatic heterocycles. The number of aromatic nitrogens is 1. The van der Waals surface area contributed by atoms with E-state index >= 15 is 0 Å². The van der Waals surface area contributed by atoms with Gasteiger partial charge in [0.25, 0.3) is 5.24 Å². The van der Waals surface area contributed by atoms with E-state index in [0.717, 1.165) is 11.1 Å². The number of carbonyl (C=O) groups excluding carboxylic acids is 1. The third-order valence-corrected chi connectivity index (χ3v) is 2.94. The summed E-state index contributed by atoms with van der Waals surface area (Å²) in [6, 6.07) is 5.36. The summed E-state index contributed by atoms with van der Waals surface area (Å²) >= 11 is 11.5. The molecule has 0 radical (unpaired) electrons. The van der Waals surface area contributed by atoms with E-state index in [2.05, 4.69) is 5.16 Å². The van der Waals surface area contributed by atoms with E-state index in [0.29, 0.717) is 16.5 Å². The largest absolute Gasteiger partial charge is 0.360 e. The summed E-state index contributed by atoms with van der Waals surface area (Å²) in [5, 5.41) is 3.85. The normalized spacial score (nSPS) is 10.6. The molecule has 1 aromatic carbocycles. The molecule has 17 heavy (non-hydrogen) atoms. The smallest absolute Gasteiger partial charge is 0.258 e. The van der Waals surface area contributed by atoms with Crippen LogP contribution >= 0.6 is 23.2 Å². The van der Waals surface area contributed by atoms with Crippen molar-refractivity contribution in [3.63, 3.8) is 0 Å². The van der Waals surface area contributed by atoms with E-state index in [1.165, 1.54) is 0 Å². The molecule has 0 atom stereocenters. The van der Waals surface area contributed by atoms with Gasteiger partial charge in [-0.05, 0) is 43.1 Å². The maximum Gasteiger partial charge on any atom is 0.258 e. The fraction of sp³-hybridized carbons (Fsp3) is 0.167. The highest BCUT2D eigenvalue weighted by molar-refractivity contribution is 6.68. The SMILES string of the molecule is Cc1ccc(Cl)cc1-c1noc(C)c1C(=O)Cl. The first-order chi connectivity index (χ1) is 8.00. The Balaban J connectivity index is 2.68. The standard InChI is InChI=1S/C12H9Cl2NO2/c1-6-3-4-8(13)5-9(6)11-10(12(14)16)7(2)17-15-11/h3-5H,1-2H3. The summed E-state index contributed by atoms with van der Waals surface area (Å²) in [6.07, 6.45) is 0. The van der Waals surface area contributed by atoms with Crippen molar-refractivity contribution in [2.24, 2.45) is 0 Å². The monoisotopic (exact) mass is 269 g/mol. The minimum absolute atomic E-state index is 0.289. The van der Waals surface area contributed by atoms with Crippen LogP contribution in [0.25, 0.3) is 11.3 Å². The van der Waals surface area contributed by atoms with Gasteiger partial charge in [0.1, 0.15) is 17.0 Å². The Hall–Kier alpha value is -1.32. The van der Waals surface area contributed by atoms with Crippen molar-refractivity contribution >= 4 is 28.4 Å². The average molecular weight is 270 g/mol. The summed E-state index contributed by atoms with van der Waals surface area (Å²) in [5.74, 6) is 0.402. The van der Waals surface area contributed by atoms with E-state index in [1.807, 2.05) is 13.0 Å². The second kappa shape index (κ2) is 4.51. The molecule has 0 saturated carbocycles. The molecule has 2 rings (SSSR count). The van der Waals surface area contributed by atoms with Crippen LogP contribution < -0.4 is 0 Å². The Morgan fingerprint density at radius 2 is 2.06 bits per heavy atom. The molecule has 0 aliphatic carbocycles. The second-order valence-corrected chi connectivity index (χ2v) is 4.48. The zero-order valence-electron chi connectivity index (χ0n) is 9.25. The van der Waals surface area contributed by atoms with Crippen LogP contribution in [-0.2, 0) is 0 Å². The van der Waals surface area contributed by atoms with Crippen LogP contribution in [-0.4, -0.2) is 10.4 Å². The van der Waals surface area contributed by atoms with Gasteiger partial charge in [-0.3, -0.25) is 4.79 Å². The highest BCUT2D eigenvalue weighted by Gasteiger charge is 2.21. The molecule has 3 nitrogen and oxygen atoms in total. The molecule has 1 heterocycles. The number of hydrogen-bond acceptors (Lipinski definition) is 3. The number of nitrogens with zero attached hydrogens (tertiary/aromatic N) is 1. The van der Waals surface area contributed by atoms with Crippen molar-refractivity contribution in [2.75, 3.05) is 0 Å². The molecule has 2 aromatic rings. The van der Waals surface area contributed by atoms with Crippen molar-refractivity contribution in [2.45, 2.75) is 13.8 Å². The van der Waals surface area contributed by atoms with Crippen LogP contribution in [0, 0.1) is 13.8 Å². The fourth-order valence-corrected chi connectivity index (χ4v) is 2.03. The summed E-state index contributed by atoms with van der Waals surface area (Å²) in [7, 11) is 0. The van der Waals surface area contributed by atoms with Gasteiger partial charge < -0.3 is 4.52 Å². The zero-order valence-corrected chi connectivity index (χ0v) is 10.8. The summed E-state index contributed by atoms with van der Waals surface area (Å²) in [6.45, 7) is 3.55. The zero-order chi connectivity index (χ0) is 12.6. The Morgan fingerprint density at radius 3 is 2.71 bits per heavy atom. The lowest BCUT2D eigenvalue weighted by Crippen LogP contribution is -1.94. The van der Waals surface area contributed by atoms with Crippen molar-refractivity contribution < 1.29 is 9.32 Å². The van der Waals surface area contributed by atoms with Crippen LogP contribution in [0.4, 0.5) is 0 Å².